The van der Waals surface area contributed by atoms with Crippen molar-refractivity contribution in [3.8, 4) is 0 Å². The Morgan fingerprint density at radius 3 is 2.29 bits per heavy atom. The van der Waals surface area contributed by atoms with E-state index in [0.29, 0.717) is 0 Å². The molecule has 7 heavy (non-hydrogen) atoms. The molecular formula is C5H9O2. The second-order valence-corrected chi connectivity index (χ2v) is 0.887. The minimum atomic E-state index is -0.829. The van der Waals surface area contributed by atoms with E-state index in [1.807, 2.05) is 0 Å². The molecule has 0 fully saturated rings. The maximum Gasteiger partial charge on any atom is 0.307 e. The molecule has 2 heteroatoms. The zero-order valence-electron chi connectivity index (χ0n) is 4.35. The molecule has 1 N–H and O–H groups in total. The van der Waals surface area contributed by atoms with Crippen molar-refractivity contribution >= 4 is 5.97 Å². The van der Waals surface area contributed by atoms with Gasteiger partial charge in [0.2, 0.25) is 0 Å². The lowest BCUT2D eigenvalue weighted by atomic mass is 10.4. The average molecular weight is 101 g/mol. The second kappa shape index (κ2) is 5.21. The van der Waals surface area contributed by atoms with E-state index in [2.05, 4.69) is 6.58 Å². The summed E-state index contributed by atoms with van der Waals surface area (Å²) in [5.41, 5.74) is 0. The van der Waals surface area contributed by atoms with Crippen LogP contribution in [0, 0.1) is 7.43 Å². The topological polar surface area (TPSA) is 37.3 Å². The minimum Gasteiger partial charge on any atom is -0.481 e. The Kier molecular flexibility index (Phi) is 7.08. The molecule has 0 aromatic heterocycles. The normalized spacial score (nSPS) is 6.29. The van der Waals surface area contributed by atoms with E-state index >= 15 is 0 Å². The summed E-state index contributed by atoms with van der Waals surface area (Å²) in [5.74, 6) is -0.829. The molecule has 0 aliphatic carbocycles. The summed E-state index contributed by atoms with van der Waals surface area (Å²) in [6.07, 6.45) is 1.41. The van der Waals surface area contributed by atoms with E-state index in [9.17, 15) is 4.79 Å². The number of rotatable bonds is 2. The van der Waals surface area contributed by atoms with Gasteiger partial charge in [0.1, 0.15) is 0 Å². The van der Waals surface area contributed by atoms with Crippen LogP contribution in [-0.2, 0) is 4.79 Å². The molecule has 0 unspecified atom stereocenters. The molecule has 0 saturated heterocycles. The number of hydrogen-bond acceptors (Lipinski definition) is 1. The summed E-state index contributed by atoms with van der Waals surface area (Å²) in [4.78, 5) is 9.53. The molecule has 41 valence electrons. The van der Waals surface area contributed by atoms with Gasteiger partial charge in [-0.05, 0) is 0 Å². The van der Waals surface area contributed by atoms with Crippen LogP contribution in [0.25, 0.3) is 0 Å². The number of carbonyl (C=O) groups is 1. The van der Waals surface area contributed by atoms with Crippen LogP contribution in [0.4, 0.5) is 0 Å². The smallest absolute Gasteiger partial charge is 0.307 e. The third-order valence-corrected chi connectivity index (χ3v) is 0.319. The summed E-state index contributed by atoms with van der Waals surface area (Å²) in [7, 11) is 0. The lowest BCUT2D eigenvalue weighted by Gasteiger charge is -1.75. The van der Waals surface area contributed by atoms with E-state index in [-0.39, 0.29) is 13.8 Å². The van der Waals surface area contributed by atoms with Gasteiger partial charge in [0, 0.05) is 0 Å². The van der Waals surface area contributed by atoms with Gasteiger partial charge in [-0.1, -0.05) is 13.5 Å². The maximum absolute atomic E-state index is 9.53. The Balaban J connectivity index is 0. The first kappa shape index (κ1) is 9.51. The Bertz CT molecular complexity index is 66.5. The van der Waals surface area contributed by atoms with Crippen LogP contribution >= 0.6 is 0 Å². The van der Waals surface area contributed by atoms with Crippen LogP contribution < -0.4 is 0 Å². The lowest BCUT2D eigenvalue weighted by Crippen LogP contribution is -1.88. The van der Waals surface area contributed by atoms with Crippen LogP contribution in [0.5, 0.6) is 0 Å². The molecular weight excluding hydrogens is 92.1 g/mol. The van der Waals surface area contributed by atoms with Gasteiger partial charge < -0.3 is 5.11 Å². The van der Waals surface area contributed by atoms with Crippen molar-refractivity contribution in [2.24, 2.45) is 0 Å². The van der Waals surface area contributed by atoms with Gasteiger partial charge in [-0.2, -0.15) is 0 Å². The summed E-state index contributed by atoms with van der Waals surface area (Å²) >= 11 is 0. The Morgan fingerprint density at radius 2 is 2.29 bits per heavy atom. The van der Waals surface area contributed by atoms with Gasteiger partial charge in [-0.15, -0.1) is 6.58 Å². The zero-order valence-corrected chi connectivity index (χ0v) is 4.35. The predicted molar refractivity (Wildman–Crippen MR) is 28.9 cm³/mol. The number of aliphatic carboxylic acids is 1. The molecule has 0 aromatic carbocycles. The first-order valence-electron chi connectivity index (χ1n) is 1.60. The third kappa shape index (κ3) is 11.0. The van der Waals surface area contributed by atoms with Gasteiger partial charge in [0.05, 0.1) is 6.42 Å². The first-order chi connectivity index (χ1) is 2.77. The molecule has 0 spiro atoms. The molecule has 0 amide bonds. The molecule has 0 aliphatic heterocycles. The fourth-order valence-electron chi connectivity index (χ4n) is 0.123. The summed E-state index contributed by atoms with van der Waals surface area (Å²) < 4.78 is 0. The molecule has 0 heterocycles. The minimum absolute atomic E-state index is 0. The predicted octanol–water partition coefficient (Wildman–Crippen LogP) is 1.10. The van der Waals surface area contributed by atoms with Crippen LogP contribution in [0.2, 0.25) is 0 Å². The molecule has 0 aromatic rings. The number of carboxylic acids is 1. The van der Waals surface area contributed by atoms with Crippen molar-refractivity contribution in [3.63, 3.8) is 0 Å². The van der Waals surface area contributed by atoms with Crippen molar-refractivity contribution in [1.29, 1.82) is 0 Å². The third-order valence-electron chi connectivity index (χ3n) is 0.319. The zero-order chi connectivity index (χ0) is 4.99. The highest BCUT2D eigenvalue weighted by atomic mass is 16.4. The monoisotopic (exact) mass is 101 g/mol. The Morgan fingerprint density at radius 1 is 1.86 bits per heavy atom. The molecule has 0 bridgehead atoms. The molecule has 0 aliphatic rings. The highest BCUT2D eigenvalue weighted by molar-refractivity contribution is 5.68. The van der Waals surface area contributed by atoms with E-state index in [0.717, 1.165) is 0 Å². The summed E-state index contributed by atoms with van der Waals surface area (Å²) in [6.45, 7) is 3.22. The van der Waals surface area contributed by atoms with Crippen molar-refractivity contribution in [2.45, 2.75) is 6.42 Å². The lowest BCUT2D eigenvalue weighted by molar-refractivity contribution is -0.135. The van der Waals surface area contributed by atoms with Crippen LogP contribution in [0.3, 0.4) is 0 Å². The second-order valence-electron chi connectivity index (χ2n) is 0.887. The molecule has 0 atom stereocenters. The van der Waals surface area contributed by atoms with E-state index in [1.54, 1.807) is 0 Å². The molecule has 0 rings (SSSR count). The average Bonchev–Trinajstić information content (AvgIpc) is 1.35. The summed E-state index contributed by atoms with van der Waals surface area (Å²) in [6, 6.07) is 0. The highest BCUT2D eigenvalue weighted by Crippen LogP contribution is 1.74. The van der Waals surface area contributed by atoms with Crippen LogP contribution in [-0.4, -0.2) is 11.1 Å². The van der Waals surface area contributed by atoms with Gasteiger partial charge in [-0.3, -0.25) is 4.79 Å². The van der Waals surface area contributed by atoms with E-state index in [1.165, 1.54) is 6.08 Å². The Labute approximate surface area is 43.5 Å². The summed E-state index contributed by atoms with van der Waals surface area (Å²) in [5, 5.41) is 7.84. The fraction of sp³-hybridized carbons (Fsp3) is 0.200. The van der Waals surface area contributed by atoms with Gasteiger partial charge in [0.15, 0.2) is 0 Å². The van der Waals surface area contributed by atoms with Crippen LogP contribution in [0.1, 0.15) is 6.42 Å². The number of carboxylic acid groups (broad SMARTS) is 1. The van der Waals surface area contributed by atoms with Crippen LogP contribution in [0.15, 0.2) is 12.7 Å². The maximum atomic E-state index is 9.53. The first-order valence-corrected chi connectivity index (χ1v) is 1.60. The highest BCUT2D eigenvalue weighted by Gasteiger charge is 1.84. The van der Waals surface area contributed by atoms with Crippen molar-refractivity contribution in [1.82, 2.24) is 0 Å². The largest absolute Gasteiger partial charge is 0.481 e. The van der Waals surface area contributed by atoms with E-state index < -0.39 is 5.97 Å². The quantitative estimate of drug-likeness (QED) is 0.529. The Hall–Kier alpha value is -0.790. The van der Waals surface area contributed by atoms with E-state index in [4.69, 9.17) is 5.11 Å². The van der Waals surface area contributed by atoms with Crippen molar-refractivity contribution in [3.05, 3.63) is 20.1 Å². The SMILES string of the molecule is C=CCC(=O)O.[CH3]. The number of hydrogen-bond donors (Lipinski definition) is 1. The van der Waals surface area contributed by atoms with Gasteiger partial charge >= 0.3 is 5.97 Å². The van der Waals surface area contributed by atoms with Gasteiger partial charge in [-0.25, -0.2) is 0 Å². The molecule has 0 saturated carbocycles. The van der Waals surface area contributed by atoms with Crippen molar-refractivity contribution < 1.29 is 9.90 Å². The fourth-order valence-corrected chi connectivity index (χ4v) is 0.123. The van der Waals surface area contributed by atoms with Gasteiger partial charge in [0.25, 0.3) is 0 Å². The van der Waals surface area contributed by atoms with Crippen molar-refractivity contribution in [2.75, 3.05) is 0 Å². The molecule has 1 radical (unpaired) electrons. The standard InChI is InChI=1S/C4H6O2.CH3/c1-2-3-4(5)6;/h2H,1,3H2,(H,5,6);1H3. The molecule has 2 nitrogen and oxygen atoms in total.